The lowest BCUT2D eigenvalue weighted by atomic mass is 10.1. The summed E-state index contributed by atoms with van der Waals surface area (Å²) in [6.07, 6.45) is -0.249. The lowest BCUT2D eigenvalue weighted by molar-refractivity contribution is 0.0402. The molecule has 0 fully saturated rings. The molecule has 0 saturated heterocycles. The molecule has 4 heteroatoms. The first kappa shape index (κ1) is 12.1. The summed E-state index contributed by atoms with van der Waals surface area (Å²) < 4.78 is 4.99. The molecule has 0 heterocycles. The van der Waals surface area contributed by atoms with E-state index in [9.17, 15) is 4.79 Å². The molecule has 2 N–H and O–H groups in total. The van der Waals surface area contributed by atoms with Crippen molar-refractivity contribution in [2.75, 3.05) is 5.73 Å². The summed E-state index contributed by atoms with van der Waals surface area (Å²) in [7, 11) is 0. The van der Waals surface area contributed by atoms with Crippen LogP contribution in [0.15, 0.2) is 18.2 Å². The fourth-order valence-corrected chi connectivity index (χ4v) is 1.24. The number of esters is 1. The number of nitrogens with zero attached hydrogens (tertiary/aromatic N) is 1. The van der Waals surface area contributed by atoms with Gasteiger partial charge in [0.25, 0.3) is 0 Å². The van der Waals surface area contributed by atoms with Crippen molar-refractivity contribution in [3.8, 4) is 6.07 Å². The number of nitrogen functional groups attached to an aromatic ring is 1. The lowest BCUT2D eigenvalue weighted by Gasteiger charge is -2.10. The van der Waals surface area contributed by atoms with Gasteiger partial charge < -0.3 is 10.5 Å². The molecule has 1 atom stereocenters. The van der Waals surface area contributed by atoms with Crippen molar-refractivity contribution < 1.29 is 9.53 Å². The van der Waals surface area contributed by atoms with Crippen LogP contribution in [0.5, 0.6) is 0 Å². The molecule has 0 saturated carbocycles. The number of carbonyl (C=O) groups excluding carboxylic acids is 1. The van der Waals surface area contributed by atoms with Crippen LogP contribution in [0.3, 0.4) is 0 Å². The largest absolute Gasteiger partial charge is 0.443 e. The maximum absolute atomic E-state index is 11.7. The van der Waals surface area contributed by atoms with Crippen LogP contribution in [0.25, 0.3) is 0 Å². The van der Waals surface area contributed by atoms with Crippen molar-refractivity contribution in [1.82, 2.24) is 0 Å². The third-order valence-electron chi connectivity index (χ3n) is 2.19. The number of ether oxygens (including phenoxy) is 1. The SMILES string of the molecule is CCC(C#N)OC(=O)c1cc(C)ccc1N. The highest BCUT2D eigenvalue weighted by Gasteiger charge is 2.16. The minimum absolute atomic E-state index is 0.314. The van der Waals surface area contributed by atoms with Crippen molar-refractivity contribution in [3.05, 3.63) is 29.3 Å². The van der Waals surface area contributed by atoms with Gasteiger partial charge in [0.2, 0.25) is 0 Å². The molecule has 0 bridgehead atoms. The highest BCUT2D eigenvalue weighted by Crippen LogP contribution is 2.16. The van der Waals surface area contributed by atoms with E-state index in [2.05, 4.69) is 0 Å². The number of hydrogen-bond donors (Lipinski definition) is 1. The molecule has 16 heavy (non-hydrogen) atoms. The normalized spacial score (nSPS) is 11.6. The van der Waals surface area contributed by atoms with Crippen LogP contribution in [0.1, 0.15) is 29.3 Å². The second kappa shape index (κ2) is 5.17. The number of rotatable bonds is 3. The third-order valence-corrected chi connectivity index (χ3v) is 2.19. The van der Waals surface area contributed by atoms with Crippen LogP contribution < -0.4 is 5.73 Å². The van der Waals surface area contributed by atoms with Gasteiger partial charge in [-0.3, -0.25) is 0 Å². The molecule has 0 amide bonds. The molecule has 0 spiro atoms. The van der Waals surface area contributed by atoms with E-state index in [1.54, 1.807) is 19.1 Å². The Morgan fingerprint density at radius 2 is 2.31 bits per heavy atom. The number of aryl methyl sites for hydroxylation is 1. The van der Waals surface area contributed by atoms with Gasteiger partial charge in [-0.2, -0.15) is 5.26 Å². The van der Waals surface area contributed by atoms with Gasteiger partial charge in [-0.05, 0) is 25.5 Å². The van der Waals surface area contributed by atoms with Crippen LogP contribution in [0, 0.1) is 18.3 Å². The van der Waals surface area contributed by atoms with Gasteiger partial charge in [-0.15, -0.1) is 0 Å². The predicted molar refractivity (Wildman–Crippen MR) is 60.7 cm³/mol. The second-order valence-electron chi connectivity index (χ2n) is 3.52. The number of benzene rings is 1. The van der Waals surface area contributed by atoms with Crippen LogP contribution in [0.2, 0.25) is 0 Å². The molecular formula is C12H14N2O2. The number of hydrogen-bond acceptors (Lipinski definition) is 4. The Kier molecular flexibility index (Phi) is 3.90. The van der Waals surface area contributed by atoms with Crippen molar-refractivity contribution >= 4 is 11.7 Å². The van der Waals surface area contributed by atoms with Gasteiger partial charge in [-0.25, -0.2) is 4.79 Å². The standard InChI is InChI=1S/C12H14N2O2/c1-3-9(7-13)16-12(15)10-6-8(2)4-5-11(10)14/h4-6,9H,3,14H2,1-2H3. The number of anilines is 1. The molecule has 0 aliphatic carbocycles. The molecule has 0 aromatic heterocycles. The fourth-order valence-electron chi connectivity index (χ4n) is 1.24. The third kappa shape index (κ3) is 2.74. The average Bonchev–Trinajstić information content (AvgIpc) is 2.28. The topological polar surface area (TPSA) is 76.1 Å². The summed E-state index contributed by atoms with van der Waals surface area (Å²) in [5.41, 5.74) is 7.27. The number of carbonyl (C=O) groups is 1. The van der Waals surface area contributed by atoms with Gasteiger partial charge in [0.05, 0.1) is 5.56 Å². The maximum Gasteiger partial charge on any atom is 0.341 e. The molecule has 0 radical (unpaired) electrons. The van der Waals surface area contributed by atoms with Crippen molar-refractivity contribution in [2.45, 2.75) is 26.4 Å². The molecule has 84 valence electrons. The van der Waals surface area contributed by atoms with E-state index in [1.807, 2.05) is 19.1 Å². The van der Waals surface area contributed by atoms with E-state index >= 15 is 0 Å². The smallest absolute Gasteiger partial charge is 0.341 e. The van der Waals surface area contributed by atoms with Crippen LogP contribution in [-0.2, 0) is 4.74 Å². The molecule has 1 aromatic rings. The van der Waals surface area contributed by atoms with Crippen LogP contribution >= 0.6 is 0 Å². The van der Waals surface area contributed by atoms with E-state index < -0.39 is 12.1 Å². The highest BCUT2D eigenvalue weighted by atomic mass is 16.5. The molecule has 1 aromatic carbocycles. The quantitative estimate of drug-likeness (QED) is 0.622. The molecular weight excluding hydrogens is 204 g/mol. The average molecular weight is 218 g/mol. The first-order valence-electron chi connectivity index (χ1n) is 5.05. The first-order valence-corrected chi connectivity index (χ1v) is 5.05. The van der Waals surface area contributed by atoms with E-state index in [4.69, 9.17) is 15.7 Å². The Bertz CT molecular complexity index is 435. The summed E-state index contributed by atoms with van der Waals surface area (Å²) >= 11 is 0. The zero-order valence-corrected chi connectivity index (χ0v) is 9.36. The van der Waals surface area contributed by atoms with Crippen molar-refractivity contribution in [3.63, 3.8) is 0 Å². The van der Waals surface area contributed by atoms with Crippen LogP contribution in [-0.4, -0.2) is 12.1 Å². The maximum atomic E-state index is 11.7. The monoisotopic (exact) mass is 218 g/mol. The Balaban J connectivity index is 2.89. The van der Waals surface area contributed by atoms with Crippen molar-refractivity contribution in [2.24, 2.45) is 0 Å². The van der Waals surface area contributed by atoms with E-state index in [0.29, 0.717) is 17.7 Å². The molecule has 0 aliphatic heterocycles. The zero-order valence-electron chi connectivity index (χ0n) is 9.36. The zero-order chi connectivity index (χ0) is 12.1. The fraction of sp³-hybridized carbons (Fsp3) is 0.333. The summed E-state index contributed by atoms with van der Waals surface area (Å²) in [5, 5.41) is 8.69. The van der Waals surface area contributed by atoms with Gasteiger partial charge in [0, 0.05) is 5.69 Å². The predicted octanol–water partition coefficient (Wildman–Crippen LogP) is 2.04. The Morgan fingerprint density at radius 1 is 1.62 bits per heavy atom. The lowest BCUT2D eigenvalue weighted by Crippen LogP contribution is -2.16. The Labute approximate surface area is 94.6 Å². The Hall–Kier alpha value is -2.02. The van der Waals surface area contributed by atoms with Crippen LogP contribution in [0.4, 0.5) is 5.69 Å². The minimum atomic E-state index is -0.715. The minimum Gasteiger partial charge on any atom is -0.443 e. The molecule has 4 nitrogen and oxygen atoms in total. The van der Waals surface area contributed by atoms with Gasteiger partial charge in [0.15, 0.2) is 6.10 Å². The number of nitriles is 1. The van der Waals surface area contributed by atoms with Crippen molar-refractivity contribution in [1.29, 1.82) is 5.26 Å². The van der Waals surface area contributed by atoms with E-state index in [-0.39, 0.29) is 0 Å². The number of nitrogens with two attached hydrogens (primary N) is 1. The Morgan fingerprint density at radius 3 is 2.88 bits per heavy atom. The molecule has 1 unspecified atom stereocenters. The highest BCUT2D eigenvalue weighted by molar-refractivity contribution is 5.95. The van der Waals surface area contributed by atoms with E-state index in [1.165, 1.54) is 0 Å². The van der Waals surface area contributed by atoms with E-state index in [0.717, 1.165) is 5.56 Å². The summed E-state index contributed by atoms with van der Waals surface area (Å²) in [5.74, 6) is -0.547. The second-order valence-corrected chi connectivity index (χ2v) is 3.52. The van der Waals surface area contributed by atoms with Gasteiger partial charge in [0.1, 0.15) is 6.07 Å². The summed E-state index contributed by atoms with van der Waals surface area (Å²) in [6, 6.07) is 7.02. The molecule has 0 aliphatic rings. The molecule has 1 rings (SSSR count). The van der Waals surface area contributed by atoms with Gasteiger partial charge >= 0.3 is 5.97 Å². The summed E-state index contributed by atoms with van der Waals surface area (Å²) in [4.78, 5) is 11.7. The first-order chi connectivity index (χ1) is 7.58. The van der Waals surface area contributed by atoms with Gasteiger partial charge in [-0.1, -0.05) is 18.6 Å². The summed E-state index contributed by atoms with van der Waals surface area (Å²) in [6.45, 7) is 3.64.